The van der Waals surface area contributed by atoms with Crippen molar-refractivity contribution in [2.75, 3.05) is 7.05 Å². The second-order valence-corrected chi connectivity index (χ2v) is 5.11. The Morgan fingerprint density at radius 3 is 2.42 bits per heavy atom. The molecule has 0 aliphatic heterocycles. The highest BCUT2D eigenvalue weighted by Gasteiger charge is 2.11. The van der Waals surface area contributed by atoms with Crippen LogP contribution < -0.4 is 5.32 Å². The summed E-state index contributed by atoms with van der Waals surface area (Å²) in [4.78, 5) is 0. The van der Waals surface area contributed by atoms with E-state index < -0.39 is 0 Å². The van der Waals surface area contributed by atoms with Gasteiger partial charge in [0.05, 0.1) is 5.02 Å². The van der Waals surface area contributed by atoms with Crippen LogP contribution in [0.25, 0.3) is 0 Å². The zero-order chi connectivity index (χ0) is 13.8. The highest BCUT2D eigenvalue weighted by molar-refractivity contribution is 6.30. The fraction of sp³-hybridized carbons (Fsp3) is 0.250. The van der Waals surface area contributed by atoms with Crippen LogP contribution in [0.15, 0.2) is 42.5 Å². The number of likely N-dealkylation sites (N-methyl/N-ethyl adjacent to an activating group) is 1. The molecule has 0 saturated heterocycles. The summed E-state index contributed by atoms with van der Waals surface area (Å²) in [6.45, 7) is 2.06. The minimum absolute atomic E-state index is 0.167. The molecule has 0 aromatic heterocycles. The third kappa shape index (κ3) is 3.55. The zero-order valence-electron chi connectivity index (χ0n) is 11.1. The molecule has 0 aliphatic carbocycles. The Kier molecular flexibility index (Phi) is 4.56. The van der Waals surface area contributed by atoms with E-state index in [2.05, 4.69) is 36.5 Å². The maximum atomic E-state index is 13.4. The molecule has 1 atom stereocenters. The largest absolute Gasteiger partial charge is 0.313 e. The van der Waals surface area contributed by atoms with E-state index in [1.54, 1.807) is 6.07 Å². The van der Waals surface area contributed by atoms with E-state index in [4.69, 9.17) is 11.6 Å². The first-order valence-electron chi connectivity index (χ1n) is 6.28. The second kappa shape index (κ2) is 6.18. The third-order valence-corrected chi connectivity index (χ3v) is 3.56. The first-order valence-corrected chi connectivity index (χ1v) is 6.65. The number of hydrogen-bond donors (Lipinski definition) is 1. The predicted molar refractivity (Wildman–Crippen MR) is 78.1 cm³/mol. The van der Waals surface area contributed by atoms with E-state index in [0.29, 0.717) is 0 Å². The monoisotopic (exact) mass is 277 g/mol. The molecule has 3 heteroatoms. The maximum Gasteiger partial charge on any atom is 0.142 e. The summed E-state index contributed by atoms with van der Waals surface area (Å²) in [5, 5.41) is 3.43. The molecule has 1 N–H and O–H groups in total. The van der Waals surface area contributed by atoms with Crippen LogP contribution in [0.4, 0.5) is 4.39 Å². The summed E-state index contributed by atoms with van der Waals surface area (Å²) in [6, 6.07) is 13.5. The van der Waals surface area contributed by atoms with Gasteiger partial charge in [-0.3, -0.25) is 0 Å². The Labute approximate surface area is 118 Å². The van der Waals surface area contributed by atoms with Crippen molar-refractivity contribution in [2.24, 2.45) is 0 Å². The zero-order valence-corrected chi connectivity index (χ0v) is 11.8. The third-order valence-electron chi connectivity index (χ3n) is 3.25. The minimum atomic E-state index is -0.363. The normalized spacial score (nSPS) is 12.4. The van der Waals surface area contributed by atoms with Crippen molar-refractivity contribution in [1.29, 1.82) is 0 Å². The van der Waals surface area contributed by atoms with Crippen molar-refractivity contribution in [1.82, 2.24) is 5.32 Å². The summed E-state index contributed by atoms with van der Waals surface area (Å²) < 4.78 is 13.4. The van der Waals surface area contributed by atoms with E-state index in [1.807, 2.05) is 13.1 Å². The standard InChI is InChI=1S/C16H17ClFN/c1-11-3-6-13(7-4-11)16(19-2)10-12-5-8-14(17)15(18)9-12/h3-9,16,19H,10H2,1-2H3. The molecule has 2 rings (SSSR count). The molecule has 19 heavy (non-hydrogen) atoms. The number of benzene rings is 2. The summed E-state index contributed by atoms with van der Waals surface area (Å²) in [7, 11) is 1.91. The molecule has 1 unspecified atom stereocenters. The lowest BCUT2D eigenvalue weighted by atomic mass is 9.98. The van der Waals surface area contributed by atoms with Crippen molar-refractivity contribution in [3.05, 3.63) is 70.0 Å². The van der Waals surface area contributed by atoms with Crippen molar-refractivity contribution < 1.29 is 4.39 Å². The molecular formula is C16H17ClFN. The van der Waals surface area contributed by atoms with Crippen LogP contribution >= 0.6 is 11.6 Å². The molecule has 0 radical (unpaired) electrons. The SMILES string of the molecule is CNC(Cc1ccc(Cl)c(F)c1)c1ccc(C)cc1. The van der Waals surface area contributed by atoms with Gasteiger partial charge >= 0.3 is 0 Å². The summed E-state index contributed by atoms with van der Waals surface area (Å²) in [5.74, 6) is -0.363. The second-order valence-electron chi connectivity index (χ2n) is 4.70. The number of aryl methyl sites for hydroxylation is 1. The molecule has 2 aromatic carbocycles. The van der Waals surface area contributed by atoms with E-state index in [9.17, 15) is 4.39 Å². The lowest BCUT2D eigenvalue weighted by Gasteiger charge is -2.17. The Morgan fingerprint density at radius 2 is 1.84 bits per heavy atom. The maximum absolute atomic E-state index is 13.4. The molecule has 1 nitrogen and oxygen atoms in total. The summed E-state index contributed by atoms with van der Waals surface area (Å²) >= 11 is 5.69. The van der Waals surface area contributed by atoms with Gasteiger partial charge < -0.3 is 5.32 Å². The predicted octanol–water partition coefficient (Wildman–Crippen LogP) is 4.29. The molecule has 0 aliphatic rings. The highest BCUT2D eigenvalue weighted by atomic mass is 35.5. The number of halogens is 2. The van der Waals surface area contributed by atoms with Crippen molar-refractivity contribution in [2.45, 2.75) is 19.4 Å². The summed E-state index contributed by atoms with van der Waals surface area (Å²) in [6.07, 6.45) is 0.730. The van der Waals surface area contributed by atoms with Crippen LogP contribution in [0.5, 0.6) is 0 Å². The van der Waals surface area contributed by atoms with Gasteiger partial charge in [0.15, 0.2) is 0 Å². The topological polar surface area (TPSA) is 12.0 Å². The van der Waals surface area contributed by atoms with E-state index >= 15 is 0 Å². The van der Waals surface area contributed by atoms with E-state index in [-0.39, 0.29) is 16.9 Å². The molecule has 0 fully saturated rings. The van der Waals surface area contributed by atoms with Gasteiger partial charge in [-0.1, -0.05) is 47.5 Å². The molecule has 0 heterocycles. The average Bonchev–Trinajstić information content (AvgIpc) is 2.41. The Balaban J connectivity index is 2.18. The molecule has 0 spiro atoms. The van der Waals surface area contributed by atoms with Crippen molar-refractivity contribution >= 4 is 11.6 Å². The van der Waals surface area contributed by atoms with Gasteiger partial charge in [0.25, 0.3) is 0 Å². The summed E-state index contributed by atoms with van der Waals surface area (Å²) in [5.41, 5.74) is 3.36. The Bertz CT molecular complexity index is 551. The van der Waals surface area contributed by atoms with Crippen LogP contribution in [0.2, 0.25) is 5.02 Å². The lowest BCUT2D eigenvalue weighted by molar-refractivity contribution is 0.584. The quantitative estimate of drug-likeness (QED) is 0.879. The molecule has 0 saturated carbocycles. The smallest absolute Gasteiger partial charge is 0.142 e. The fourth-order valence-corrected chi connectivity index (χ4v) is 2.21. The van der Waals surface area contributed by atoms with Gasteiger partial charge in [-0.25, -0.2) is 4.39 Å². The van der Waals surface area contributed by atoms with Crippen molar-refractivity contribution in [3.8, 4) is 0 Å². The highest BCUT2D eigenvalue weighted by Crippen LogP contribution is 2.22. The fourth-order valence-electron chi connectivity index (χ4n) is 2.09. The molecule has 100 valence electrons. The minimum Gasteiger partial charge on any atom is -0.313 e. The van der Waals surface area contributed by atoms with Gasteiger partial charge in [0.1, 0.15) is 5.82 Å². The van der Waals surface area contributed by atoms with Crippen molar-refractivity contribution in [3.63, 3.8) is 0 Å². The van der Waals surface area contributed by atoms with Crippen LogP contribution in [-0.2, 0) is 6.42 Å². The Morgan fingerprint density at radius 1 is 1.16 bits per heavy atom. The van der Waals surface area contributed by atoms with Crippen LogP contribution in [0.3, 0.4) is 0 Å². The molecule has 0 amide bonds. The number of rotatable bonds is 4. The van der Waals surface area contributed by atoms with Crippen LogP contribution in [-0.4, -0.2) is 7.05 Å². The van der Waals surface area contributed by atoms with Crippen LogP contribution in [0, 0.1) is 12.7 Å². The van der Waals surface area contributed by atoms with Gasteiger partial charge in [-0.05, 0) is 43.7 Å². The van der Waals surface area contributed by atoms with Gasteiger partial charge in [0, 0.05) is 6.04 Å². The van der Waals surface area contributed by atoms with Crippen LogP contribution in [0.1, 0.15) is 22.7 Å². The average molecular weight is 278 g/mol. The molecular weight excluding hydrogens is 261 g/mol. The van der Waals surface area contributed by atoms with E-state index in [0.717, 1.165) is 12.0 Å². The van der Waals surface area contributed by atoms with Gasteiger partial charge in [-0.15, -0.1) is 0 Å². The molecule has 2 aromatic rings. The lowest BCUT2D eigenvalue weighted by Crippen LogP contribution is -2.18. The first kappa shape index (κ1) is 14.0. The van der Waals surface area contributed by atoms with Gasteiger partial charge in [-0.2, -0.15) is 0 Å². The van der Waals surface area contributed by atoms with Gasteiger partial charge in [0.2, 0.25) is 0 Å². The van der Waals surface area contributed by atoms with E-state index in [1.165, 1.54) is 17.2 Å². The molecule has 0 bridgehead atoms. The number of hydrogen-bond acceptors (Lipinski definition) is 1. The number of nitrogens with one attached hydrogen (secondary N) is 1. The Hall–Kier alpha value is -1.38. The first-order chi connectivity index (χ1) is 9.10.